The molecule has 0 N–H and O–H groups in total. The predicted octanol–water partition coefficient (Wildman–Crippen LogP) is 3.44. The van der Waals surface area contributed by atoms with Crippen LogP contribution in [0.3, 0.4) is 0 Å². The lowest BCUT2D eigenvalue weighted by molar-refractivity contribution is -0.00789. The summed E-state index contributed by atoms with van der Waals surface area (Å²) in [6.45, 7) is 5.80. The summed E-state index contributed by atoms with van der Waals surface area (Å²) in [7, 11) is 1.72. The summed E-state index contributed by atoms with van der Waals surface area (Å²) >= 11 is 3.72. The van der Waals surface area contributed by atoms with E-state index in [1.165, 1.54) is 11.1 Å². The van der Waals surface area contributed by atoms with Gasteiger partial charge in [-0.2, -0.15) is 0 Å². The number of ether oxygens (including phenoxy) is 2. The van der Waals surface area contributed by atoms with E-state index in [2.05, 4.69) is 48.0 Å². The number of rotatable bonds is 3. The van der Waals surface area contributed by atoms with Crippen LogP contribution in [0.4, 0.5) is 0 Å². The molecule has 1 aromatic rings. The first-order valence-corrected chi connectivity index (χ1v) is 6.31. The second kappa shape index (κ2) is 4.38. The average molecular weight is 285 g/mol. The highest BCUT2D eigenvalue weighted by atomic mass is 79.9. The average Bonchev–Trinajstić information content (AvgIpc) is 2.25. The number of halogens is 1. The molecule has 2 nitrogen and oxygen atoms in total. The minimum absolute atomic E-state index is 0.0478. The lowest BCUT2D eigenvalue weighted by atomic mass is 9.93. The standard InChI is InChI=1S/C13H17BrO2/c1-9(2)10-4-5-11(12(6-10)15-3)13(14)7-16-8-13/h4-6,9H,7-8H2,1-3H3. The maximum absolute atomic E-state index is 5.47. The molecule has 0 unspecified atom stereocenters. The van der Waals surface area contributed by atoms with Crippen molar-refractivity contribution < 1.29 is 9.47 Å². The van der Waals surface area contributed by atoms with Crippen molar-refractivity contribution in [3.8, 4) is 5.75 Å². The van der Waals surface area contributed by atoms with Crippen LogP contribution in [-0.4, -0.2) is 20.3 Å². The third kappa shape index (κ3) is 1.98. The van der Waals surface area contributed by atoms with Crippen LogP contribution < -0.4 is 4.74 Å². The van der Waals surface area contributed by atoms with E-state index in [1.54, 1.807) is 7.11 Å². The maximum Gasteiger partial charge on any atom is 0.123 e. The van der Waals surface area contributed by atoms with Crippen molar-refractivity contribution in [3.63, 3.8) is 0 Å². The topological polar surface area (TPSA) is 18.5 Å². The van der Waals surface area contributed by atoms with Crippen LogP contribution >= 0.6 is 15.9 Å². The smallest absolute Gasteiger partial charge is 0.123 e. The summed E-state index contributed by atoms with van der Waals surface area (Å²) in [5, 5.41) is 0. The van der Waals surface area contributed by atoms with Gasteiger partial charge < -0.3 is 9.47 Å². The molecule has 0 saturated carbocycles. The Morgan fingerprint density at radius 1 is 1.38 bits per heavy atom. The third-order valence-electron chi connectivity index (χ3n) is 3.04. The van der Waals surface area contributed by atoms with E-state index in [0.717, 1.165) is 5.75 Å². The largest absolute Gasteiger partial charge is 0.496 e. The fourth-order valence-corrected chi connectivity index (χ4v) is 2.53. The molecule has 1 aliphatic heterocycles. The van der Waals surface area contributed by atoms with Gasteiger partial charge in [0.15, 0.2) is 0 Å². The van der Waals surface area contributed by atoms with Crippen molar-refractivity contribution in [2.45, 2.75) is 24.1 Å². The first kappa shape index (κ1) is 11.9. The molecule has 0 spiro atoms. The van der Waals surface area contributed by atoms with Crippen molar-refractivity contribution in [1.29, 1.82) is 0 Å². The Hall–Kier alpha value is -0.540. The van der Waals surface area contributed by atoms with Crippen LogP contribution in [0.5, 0.6) is 5.75 Å². The Morgan fingerprint density at radius 2 is 2.06 bits per heavy atom. The SMILES string of the molecule is COc1cc(C(C)C)ccc1C1(Br)COC1. The highest BCUT2D eigenvalue weighted by molar-refractivity contribution is 9.09. The van der Waals surface area contributed by atoms with Crippen LogP contribution in [0, 0.1) is 0 Å². The molecular weight excluding hydrogens is 268 g/mol. The normalized spacial score (nSPS) is 18.3. The zero-order valence-electron chi connectivity index (χ0n) is 9.92. The molecular formula is C13H17BrO2. The summed E-state index contributed by atoms with van der Waals surface area (Å²) in [5.74, 6) is 1.47. The van der Waals surface area contributed by atoms with Gasteiger partial charge in [0.1, 0.15) is 10.1 Å². The molecule has 0 amide bonds. The number of benzene rings is 1. The van der Waals surface area contributed by atoms with Gasteiger partial charge in [-0.05, 0) is 17.5 Å². The Kier molecular flexibility index (Phi) is 3.27. The van der Waals surface area contributed by atoms with Gasteiger partial charge in [-0.1, -0.05) is 41.9 Å². The number of hydrogen-bond donors (Lipinski definition) is 0. The van der Waals surface area contributed by atoms with Gasteiger partial charge in [-0.3, -0.25) is 0 Å². The fraction of sp³-hybridized carbons (Fsp3) is 0.538. The molecule has 0 aliphatic carbocycles. The molecule has 3 heteroatoms. The van der Waals surface area contributed by atoms with E-state index >= 15 is 0 Å². The van der Waals surface area contributed by atoms with Crippen LogP contribution in [0.1, 0.15) is 30.9 Å². The van der Waals surface area contributed by atoms with E-state index < -0.39 is 0 Å². The molecule has 1 aromatic carbocycles. The summed E-state index contributed by atoms with van der Waals surface area (Å²) in [6.07, 6.45) is 0. The Morgan fingerprint density at radius 3 is 2.50 bits per heavy atom. The second-order valence-corrected chi connectivity index (χ2v) is 6.09. The Labute approximate surface area is 105 Å². The van der Waals surface area contributed by atoms with Gasteiger partial charge in [0.25, 0.3) is 0 Å². The van der Waals surface area contributed by atoms with Gasteiger partial charge in [-0.25, -0.2) is 0 Å². The first-order chi connectivity index (χ1) is 7.57. The highest BCUT2D eigenvalue weighted by Crippen LogP contribution is 2.43. The van der Waals surface area contributed by atoms with Crippen molar-refractivity contribution in [1.82, 2.24) is 0 Å². The molecule has 2 rings (SSSR count). The zero-order valence-corrected chi connectivity index (χ0v) is 11.5. The third-order valence-corrected chi connectivity index (χ3v) is 3.92. The van der Waals surface area contributed by atoms with E-state index in [-0.39, 0.29) is 4.32 Å². The number of methoxy groups -OCH3 is 1. The monoisotopic (exact) mass is 284 g/mol. The van der Waals surface area contributed by atoms with E-state index in [0.29, 0.717) is 19.1 Å². The van der Waals surface area contributed by atoms with Gasteiger partial charge in [0.05, 0.1) is 20.3 Å². The zero-order chi connectivity index (χ0) is 11.8. The molecule has 16 heavy (non-hydrogen) atoms. The van der Waals surface area contributed by atoms with Gasteiger partial charge in [-0.15, -0.1) is 0 Å². The highest BCUT2D eigenvalue weighted by Gasteiger charge is 2.39. The quantitative estimate of drug-likeness (QED) is 0.792. The first-order valence-electron chi connectivity index (χ1n) is 5.52. The van der Waals surface area contributed by atoms with Crippen LogP contribution in [-0.2, 0) is 9.06 Å². The van der Waals surface area contributed by atoms with Crippen molar-refractivity contribution in [2.24, 2.45) is 0 Å². The Balaban J connectivity index is 2.39. The lowest BCUT2D eigenvalue weighted by Crippen LogP contribution is -2.41. The summed E-state index contributed by atoms with van der Waals surface area (Å²) in [6, 6.07) is 6.44. The van der Waals surface area contributed by atoms with E-state index in [9.17, 15) is 0 Å². The van der Waals surface area contributed by atoms with Gasteiger partial charge >= 0.3 is 0 Å². The summed E-state index contributed by atoms with van der Waals surface area (Å²) in [4.78, 5) is 0. The van der Waals surface area contributed by atoms with Crippen molar-refractivity contribution in [2.75, 3.05) is 20.3 Å². The van der Waals surface area contributed by atoms with E-state index in [4.69, 9.17) is 9.47 Å². The minimum atomic E-state index is -0.0478. The van der Waals surface area contributed by atoms with Crippen LogP contribution in [0.15, 0.2) is 18.2 Å². The predicted molar refractivity (Wildman–Crippen MR) is 68.5 cm³/mol. The number of hydrogen-bond acceptors (Lipinski definition) is 2. The molecule has 1 aliphatic rings. The molecule has 88 valence electrons. The van der Waals surface area contributed by atoms with E-state index in [1.807, 2.05) is 0 Å². The minimum Gasteiger partial charge on any atom is -0.496 e. The second-order valence-electron chi connectivity index (χ2n) is 4.57. The Bertz CT molecular complexity index is 384. The summed E-state index contributed by atoms with van der Waals surface area (Å²) < 4.78 is 10.7. The fourth-order valence-electron chi connectivity index (χ4n) is 1.87. The van der Waals surface area contributed by atoms with Crippen molar-refractivity contribution in [3.05, 3.63) is 29.3 Å². The van der Waals surface area contributed by atoms with Crippen LogP contribution in [0.2, 0.25) is 0 Å². The lowest BCUT2D eigenvalue weighted by Gasteiger charge is -2.37. The van der Waals surface area contributed by atoms with Crippen molar-refractivity contribution >= 4 is 15.9 Å². The molecule has 0 radical (unpaired) electrons. The molecule has 1 fully saturated rings. The van der Waals surface area contributed by atoms with Crippen LogP contribution in [0.25, 0.3) is 0 Å². The summed E-state index contributed by atoms with van der Waals surface area (Å²) in [5.41, 5.74) is 2.49. The maximum atomic E-state index is 5.47. The van der Waals surface area contributed by atoms with Gasteiger partial charge in [0, 0.05) is 5.56 Å². The molecule has 1 saturated heterocycles. The number of alkyl halides is 1. The molecule has 0 bridgehead atoms. The van der Waals surface area contributed by atoms with Gasteiger partial charge in [0.2, 0.25) is 0 Å². The molecule has 1 heterocycles. The molecule has 0 aromatic heterocycles. The molecule has 0 atom stereocenters.